The first kappa shape index (κ1) is 22.2. The molecule has 4 aliphatic carbocycles. The third kappa shape index (κ3) is 3.02. The summed E-state index contributed by atoms with van der Waals surface area (Å²) in [6, 6.07) is 21.3. The van der Waals surface area contributed by atoms with E-state index < -0.39 is 10.8 Å². The molecule has 4 aromatic rings. The van der Waals surface area contributed by atoms with Crippen molar-refractivity contribution >= 4 is 55.7 Å². The van der Waals surface area contributed by atoms with Crippen LogP contribution in [0.2, 0.25) is 0 Å². The number of benzene rings is 3. The van der Waals surface area contributed by atoms with Gasteiger partial charge in [-0.1, -0.05) is 85.0 Å². The van der Waals surface area contributed by atoms with Gasteiger partial charge in [-0.2, -0.15) is 0 Å². The van der Waals surface area contributed by atoms with Gasteiger partial charge in [0.05, 0.1) is 11.1 Å². The standard InChI is InChI=1S/C31H23IN2OS/c1-30(17-24-19-8-6-7-15-31(30,16-19)25-12-5-4-10-21(24)25)28(35)34-29-33-27(18-36-29)23-13-14-26(32)22-11-3-2-9-20(22)23/h2-16,18,24H,17H2,1H3,(H,33,34,35). The number of carbonyl (C=O) groups is 1. The number of hydrogen-bond acceptors (Lipinski definition) is 3. The summed E-state index contributed by atoms with van der Waals surface area (Å²) in [5.41, 5.74) is 4.77. The third-order valence-electron chi connectivity index (χ3n) is 8.24. The van der Waals surface area contributed by atoms with Crippen molar-refractivity contribution in [1.29, 1.82) is 0 Å². The van der Waals surface area contributed by atoms with Crippen molar-refractivity contribution in [3.8, 4) is 11.3 Å². The minimum atomic E-state index is -0.626. The van der Waals surface area contributed by atoms with E-state index in [0.29, 0.717) is 5.13 Å². The number of rotatable bonds is 3. The summed E-state index contributed by atoms with van der Waals surface area (Å²) in [5.74, 6) is 0.247. The molecule has 1 spiro atoms. The van der Waals surface area contributed by atoms with Gasteiger partial charge in [-0.3, -0.25) is 4.79 Å². The molecule has 1 N–H and O–H groups in total. The van der Waals surface area contributed by atoms with Crippen LogP contribution in [-0.2, 0) is 10.2 Å². The van der Waals surface area contributed by atoms with Gasteiger partial charge in [0.25, 0.3) is 0 Å². The third-order valence-corrected chi connectivity index (χ3v) is 9.93. The van der Waals surface area contributed by atoms with E-state index >= 15 is 0 Å². The highest BCUT2D eigenvalue weighted by Crippen LogP contribution is 2.63. The van der Waals surface area contributed by atoms with Crippen LogP contribution in [0.5, 0.6) is 0 Å². The summed E-state index contributed by atoms with van der Waals surface area (Å²) in [5, 5.41) is 8.30. The fourth-order valence-corrected chi connectivity index (χ4v) is 7.73. The molecule has 4 aliphatic rings. The molecule has 0 saturated carbocycles. The van der Waals surface area contributed by atoms with E-state index in [1.165, 1.54) is 42.4 Å². The zero-order valence-corrected chi connectivity index (χ0v) is 22.6. The monoisotopic (exact) mass is 598 g/mol. The Balaban J connectivity index is 1.26. The van der Waals surface area contributed by atoms with E-state index in [2.05, 4.69) is 126 Å². The summed E-state index contributed by atoms with van der Waals surface area (Å²) in [7, 11) is 0. The minimum absolute atomic E-state index is 0.0252. The summed E-state index contributed by atoms with van der Waals surface area (Å²) in [6.45, 7) is 2.12. The maximum atomic E-state index is 14.1. The highest BCUT2D eigenvalue weighted by molar-refractivity contribution is 14.1. The fraction of sp³-hybridized carbons (Fsp3) is 0.161. The maximum absolute atomic E-state index is 14.1. The fourth-order valence-electron chi connectivity index (χ4n) is 6.38. The Kier molecular flexibility index (Phi) is 4.92. The lowest BCUT2D eigenvalue weighted by Crippen LogP contribution is -2.55. The number of amides is 1. The number of nitrogens with one attached hydrogen (secondary N) is 1. The molecule has 0 radical (unpaired) electrons. The first-order valence-electron chi connectivity index (χ1n) is 12.1. The van der Waals surface area contributed by atoms with Crippen molar-refractivity contribution in [3.63, 3.8) is 0 Å². The first-order chi connectivity index (χ1) is 17.5. The zero-order valence-electron chi connectivity index (χ0n) is 19.7. The lowest BCUT2D eigenvalue weighted by molar-refractivity contribution is -0.128. The summed E-state index contributed by atoms with van der Waals surface area (Å²) in [6.07, 6.45) is 11.7. The van der Waals surface area contributed by atoms with Crippen molar-refractivity contribution in [1.82, 2.24) is 4.98 Å². The van der Waals surface area contributed by atoms with Crippen LogP contribution in [0.25, 0.3) is 22.0 Å². The van der Waals surface area contributed by atoms with Crippen LogP contribution in [-0.4, -0.2) is 10.9 Å². The number of carbonyl (C=O) groups excluding carboxylic acids is 1. The number of aromatic nitrogens is 1. The highest BCUT2D eigenvalue weighted by atomic mass is 127. The highest BCUT2D eigenvalue weighted by Gasteiger charge is 2.60. The van der Waals surface area contributed by atoms with Crippen LogP contribution in [0.15, 0.2) is 102 Å². The minimum Gasteiger partial charge on any atom is -0.301 e. The van der Waals surface area contributed by atoms with Crippen molar-refractivity contribution in [2.45, 2.75) is 24.7 Å². The molecule has 3 aromatic carbocycles. The molecular weight excluding hydrogens is 575 g/mol. The number of hydrogen-bond donors (Lipinski definition) is 1. The first-order valence-corrected chi connectivity index (χ1v) is 14.1. The lowest BCUT2D eigenvalue weighted by Gasteiger charge is -2.55. The van der Waals surface area contributed by atoms with Gasteiger partial charge >= 0.3 is 0 Å². The zero-order chi connectivity index (χ0) is 24.5. The normalized spacial score (nSPS) is 25.4. The summed E-state index contributed by atoms with van der Waals surface area (Å²) < 4.78 is 1.22. The van der Waals surface area contributed by atoms with Crippen LogP contribution in [0.1, 0.15) is 30.4 Å². The van der Waals surface area contributed by atoms with Gasteiger partial charge in [0.15, 0.2) is 5.13 Å². The van der Waals surface area contributed by atoms with Crippen LogP contribution in [0, 0.1) is 8.99 Å². The van der Waals surface area contributed by atoms with Crippen molar-refractivity contribution < 1.29 is 4.79 Å². The molecule has 1 amide bonds. The van der Waals surface area contributed by atoms with Gasteiger partial charge in [0.2, 0.25) is 5.91 Å². The molecule has 3 unspecified atom stereocenters. The van der Waals surface area contributed by atoms with E-state index in [-0.39, 0.29) is 11.8 Å². The van der Waals surface area contributed by atoms with Crippen LogP contribution >= 0.6 is 33.9 Å². The average Bonchev–Trinajstić information content (AvgIpc) is 3.28. The molecular formula is C31H23IN2OS. The van der Waals surface area contributed by atoms with Gasteiger partial charge < -0.3 is 5.32 Å². The predicted molar refractivity (Wildman–Crippen MR) is 156 cm³/mol. The molecule has 0 fully saturated rings. The predicted octanol–water partition coefficient (Wildman–Crippen LogP) is 8.00. The van der Waals surface area contributed by atoms with E-state index in [1.54, 1.807) is 0 Å². The molecule has 0 saturated heterocycles. The van der Waals surface area contributed by atoms with Gasteiger partial charge in [-0.05, 0) is 69.5 Å². The second-order valence-electron chi connectivity index (χ2n) is 10.0. The summed E-state index contributed by atoms with van der Waals surface area (Å²) in [4.78, 5) is 18.9. The number of fused-ring (bicyclic) bond motifs is 2. The lowest BCUT2D eigenvalue weighted by atomic mass is 9.47. The van der Waals surface area contributed by atoms with E-state index in [1.807, 2.05) is 5.38 Å². The summed E-state index contributed by atoms with van der Waals surface area (Å²) >= 11 is 3.86. The van der Waals surface area contributed by atoms with Crippen LogP contribution in [0.3, 0.4) is 0 Å². The Labute approximate surface area is 227 Å². The molecule has 176 valence electrons. The molecule has 1 heterocycles. The van der Waals surface area contributed by atoms with E-state index in [9.17, 15) is 4.79 Å². The Morgan fingerprint density at radius 3 is 2.75 bits per heavy atom. The van der Waals surface area contributed by atoms with Crippen LogP contribution in [0.4, 0.5) is 5.13 Å². The number of halogens is 1. The molecule has 3 atom stereocenters. The SMILES string of the molecule is CC1(C(=O)Nc2nc(-c3ccc(I)c4ccccc34)cs2)CC2C3=CC1(C=CC=C3)c1ccccc12. The van der Waals surface area contributed by atoms with Gasteiger partial charge in [-0.25, -0.2) is 4.98 Å². The Hall–Kier alpha value is -3.03. The van der Waals surface area contributed by atoms with E-state index in [4.69, 9.17) is 4.98 Å². The van der Waals surface area contributed by atoms with Crippen molar-refractivity contribution in [2.24, 2.45) is 5.41 Å². The van der Waals surface area contributed by atoms with Crippen molar-refractivity contribution in [2.75, 3.05) is 5.32 Å². The molecule has 0 aliphatic heterocycles. The number of allylic oxidation sites excluding steroid dienone is 6. The molecule has 1 aromatic heterocycles. The van der Waals surface area contributed by atoms with Gasteiger partial charge in [0, 0.05) is 25.8 Å². The van der Waals surface area contributed by atoms with Gasteiger partial charge in [-0.15, -0.1) is 11.3 Å². The molecule has 36 heavy (non-hydrogen) atoms. The Morgan fingerprint density at radius 1 is 1.06 bits per heavy atom. The quantitative estimate of drug-likeness (QED) is 0.243. The second kappa shape index (κ2) is 7.98. The van der Waals surface area contributed by atoms with E-state index in [0.717, 1.165) is 17.7 Å². The molecule has 5 heteroatoms. The Bertz CT molecular complexity index is 1660. The number of thiazole rings is 1. The molecule has 8 rings (SSSR count). The molecule has 3 nitrogen and oxygen atoms in total. The Morgan fingerprint density at radius 2 is 1.86 bits per heavy atom. The van der Waals surface area contributed by atoms with Crippen LogP contribution < -0.4 is 5.32 Å². The maximum Gasteiger partial charge on any atom is 0.233 e. The topological polar surface area (TPSA) is 42.0 Å². The average molecular weight is 599 g/mol. The smallest absolute Gasteiger partial charge is 0.233 e. The number of anilines is 1. The van der Waals surface area contributed by atoms with Gasteiger partial charge in [0.1, 0.15) is 0 Å². The largest absolute Gasteiger partial charge is 0.301 e. The second-order valence-corrected chi connectivity index (χ2v) is 12.1. The molecule has 3 bridgehead atoms. The number of nitrogens with zero attached hydrogens (tertiary/aromatic N) is 1. The van der Waals surface area contributed by atoms with Crippen molar-refractivity contribution in [3.05, 3.63) is 117 Å².